The van der Waals surface area contributed by atoms with E-state index in [1.54, 1.807) is 36.7 Å². The highest BCUT2D eigenvalue weighted by Crippen LogP contribution is 2.32. The van der Waals surface area contributed by atoms with Crippen molar-refractivity contribution in [2.45, 2.75) is 26.9 Å². The van der Waals surface area contributed by atoms with Crippen molar-refractivity contribution in [3.8, 4) is 17.2 Å². The molecule has 1 aromatic heterocycles. The van der Waals surface area contributed by atoms with Crippen LogP contribution in [-0.2, 0) is 9.53 Å². The number of hydrogen-bond donors (Lipinski definition) is 1. The monoisotopic (exact) mass is 421 g/mol. The summed E-state index contributed by atoms with van der Waals surface area (Å²) in [4.78, 5) is 25.4. The second kappa shape index (κ2) is 8.51. The standard InChI is InChI=1S/C23H23N3O5/c1-14-21(15(2)26(25-14)18-7-5-4-6-8-18)23(28)31-16(3)22(27)24-17-9-10-19-20(13-17)30-12-11-29-19/h4-10,13,16H,11-12H2,1-3H3,(H,24,27)/t16-/m1/s1. The van der Waals surface area contributed by atoms with E-state index in [1.807, 2.05) is 30.3 Å². The van der Waals surface area contributed by atoms with E-state index in [0.717, 1.165) is 5.69 Å². The zero-order chi connectivity index (χ0) is 22.0. The summed E-state index contributed by atoms with van der Waals surface area (Å²) in [5.74, 6) is 0.149. The molecule has 3 aromatic rings. The van der Waals surface area contributed by atoms with Crippen LogP contribution in [0, 0.1) is 13.8 Å². The minimum atomic E-state index is -1.00. The van der Waals surface area contributed by atoms with E-state index in [-0.39, 0.29) is 0 Å². The van der Waals surface area contributed by atoms with E-state index in [4.69, 9.17) is 14.2 Å². The molecule has 0 spiro atoms. The molecule has 8 nitrogen and oxygen atoms in total. The van der Waals surface area contributed by atoms with E-state index in [1.165, 1.54) is 6.92 Å². The van der Waals surface area contributed by atoms with Gasteiger partial charge in [0.15, 0.2) is 17.6 Å². The van der Waals surface area contributed by atoms with Crippen molar-refractivity contribution in [1.29, 1.82) is 0 Å². The third kappa shape index (κ3) is 4.23. The Morgan fingerprint density at radius 1 is 1.06 bits per heavy atom. The molecule has 1 N–H and O–H groups in total. The SMILES string of the molecule is Cc1nn(-c2ccccc2)c(C)c1C(=O)O[C@H](C)C(=O)Nc1ccc2c(c1)OCCO2. The van der Waals surface area contributed by atoms with Crippen molar-refractivity contribution in [3.63, 3.8) is 0 Å². The Labute approximate surface area is 179 Å². The van der Waals surface area contributed by atoms with Crippen LogP contribution in [0.15, 0.2) is 48.5 Å². The van der Waals surface area contributed by atoms with Crippen LogP contribution in [0.25, 0.3) is 5.69 Å². The van der Waals surface area contributed by atoms with Gasteiger partial charge in [0, 0.05) is 11.8 Å². The number of benzene rings is 2. The summed E-state index contributed by atoms with van der Waals surface area (Å²) < 4.78 is 18.1. The second-order valence-corrected chi connectivity index (χ2v) is 7.19. The predicted octanol–water partition coefficient (Wildman–Crippen LogP) is 3.44. The molecule has 2 heterocycles. The number of fused-ring (bicyclic) bond motifs is 1. The predicted molar refractivity (Wildman–Crippen MR) is 114 cm³/mol. The summed E-state index contributed by atoms with van der Waals surface area (Å²) in [7, 11) is 0. The number of hydrogen-bond acceptors (Lipinski definition) is 6. The first-order valence-corrected chi connectivity index (χ1v) is 9.97. The molecule has 1 aliphatic rings. The third-order valence-corrected chi connectivity index (χ3v) is 4.96. The topological polar surface area (TPSA) is 91.7 Å². The first-order valence-electron chi connectivity index (χ1n) is 9.97. The van der Waals surface area contributed by atoms with Crippen LogP contribution in [0.1, 0.15) is 28.7 Å². The molecule has 0 saturated carbocycles. The molecule has 0 unspecified atom stereocenters. The van der Waals surface area contributed by atoms with E-state index >= 15 is 0 Å². The number of para-hydroxylation sites is 1. The third-order valence-electron chi connectivity index (χ3n) is 4.96. The van der Waals surface area contributed by atoms with Crippen molar-refractivity contribution in [2.24, 2.45) is 0 Å². The van der Waals surface area contributed by atoms with Crippen LogP contribution < -0.4 is 14.8 Å². The molecule has 4 rings (SSSR count). The number of aryl methyl sites for hydroxylation is 1. The van der Waals surface area contributed by atoms with Gasteiger partial charge in [-0.1, -0.05) is 18.2 Å². The Morgan fingerprint density at radius 3 is 2.52 bits per heavy atom. The Bertz CT molecular complexity index is 1120. The van der Waals surface area contributed by atoms with Gasteiger partial charge in [-0.05, 0) is 45.0 Å². The lowest BCUT2D eigenvalue weighted by molar-refractivity contribution is -0.123. The lowest BCUT2D eigenvalue weighted by Gasteiger charge is -2.19. The summed E-state index contributed by atoms with van der Waals surface area (Å²) in [6, 6.07) is 14.6. The van der Waals surface area contributed by atoms with Gasteiger partial charge in [0.05, 0.1) is 17.1 Å². The van der Waals surface area contributed by atoms with Crippen molar-refractivity contribution in [1.82, 2.24) is 9.78 Å². The minimum absolute atomic E-state index is 0.350. The van der Waals surface area contributed by atoms with Gasteiger partial charge in [-0.25, -0.2) is 9.48 Å². The van der Waals surface area contributed by atoms with Gasteiger partial charge in [-0.15, -0.1) is 0 Å². The molecular formula is C23H23N3O5. The number of carbonyl (C=O) groups excluding carboxylic acids is 2. The molecular weight excluding hydrogens is 398 g/mol. The average Bonchev–Trinajstić information content (AvgIpc) is 3.08. The van der Waals surface area contributed by atoms with Crippen LogP contribution in [-0.4, -0.2) is 41.0 Å². The zero-order valence-corrected chi connectivity index (χ0v) is 17.5. The smallest absolute Gasteiger partial charge is 0.342 e. The fraction of sp³-hybridized carbons (Fsp3) is 0.261. The normalized spacial score (nSPS) is 13.4. The average molecular weight is 421 g/mol. The number of amides is 1. The number of nitrogens with zero attached hydrogens (tertiary/aromatic N) is 2. The molecule has 160 valence electrons. The van der Waals surface area contributed by atoms with Crippen molar-refractivity contribution < 1.29 is 23.8 Å². The molecule has 2 aromatic carbocycles. The van der Waals surface area contributed by atoms with Crippen LogP contribution in [0.5, 0.6) is 11.5 Å². The summed E-state index contributed by atoms with van der Waals surface area (Å²) in [5.41, 5.74) is 2.90. The molecule has 31 heavy (non-hydrogen) atoms. The second-order valence-electron chi connectivity index (χ2n) is 7.19. The van der Waals surface area contributed by atoms with E-state index in [0.29, 0.717) is 47.4 Å². The van der Waals surface area contributed by atoms with Gasteiger partial charge in [0.2, 0.25) is 0 Å². The highest BCUT2D eigenvalue weighted by molar-refractivity contribution is 5.98. The maximum absolute atomic E-state index is 12.8. The molecule has 0 bridgehead atoms. The molecule has 1 atom stereocenters. The fourth-order valence-corrected chi connectivity index (χ4v) is 3.40. The Hall–Kier alpha value is -3.81. The lowest BCUT2D eigenvalue weighted by Crippen LogP contribution is -2.30. The molecule has 0 saturated heterocycles. The highest BCUT2D eigenvalue weighted by Gasteiger charge is 2.25. The molecule has 0 aliphatic carbocycles. The summed E-state index contributed by atoms with van der Waals surface area (Å²) in [5, 5.41) is 7.19. The molecule has 1 amide bonds. The number of ether oxygens (including phenoxy) is 3. The number of rotatable bonds is 5. The Morgan fingerprint density at radius 2 is 1.77 bits per heavy atom. The molecule has 1 aliphatic heterocycles. The summed E-state index contributed by atoms with van der Waals surface area (Å²) >= 11 is 0. The van der Waals surface area contributed by atoms with Gasteiger partial charge in [-0.2, -0.15) is 5.10 Å². The van der Waals surface area contributed by atoms with Crippen molar-refractivity contribution in [2.75, 3.05) is 18.5 Å². The van der Waals surface area contributed by atoms with E-state index in [2.05, 4.69) is 10.4 Å². The van der Waals surface area contributed by atoms with Gasteiger partial charge in [-0.3, -0.25) is 4.79 Å². The fourth-order valence-electron chi connectivity index (χ4n) is 3.40. The Balaban J connectivity index is 1.45. The number of anilines is 1. The van der Waals surface area contributed by atoms with E-state index in [9.17, 15) is 9.59 Å². The van der Waals surface area contributed by atoms with Crippen LogP contribution in [0.3, 0.4) is 0 Å². The maximum atomic E-state index is 12.8. The van der Waals surface area contributed by atoms with Gasteiger partial charge < -0.3 is 19.5 Å². The van der Waals surface area contributed by atoms with Crippen LogP contribution in [0.4, 0.5) is 5.69 Å². The van der Waals surface area contributed by atoms with Gasteiger partial charge in [0.25, 0.3) is 5.91 Å². The summed E-state index contributed by atoms with van der Waals surface area (Å²) in [6.45, 7) is 6.00. The van der Waals surface area contributed by atoms with Crippen LogP contribution >= 0.6 is 0 Å². The minimum Gasteiger partial charge on any atom is -0.486 e. The van der Waals surface area contributed by atoms with Crippen molar-refractivity contribution in [3.05, 3.63) is 65.5 Å². The molecule has 0 fully saturated rings. The maximum Gasteiger partial charge on any atom is 0.342 e. The lowest BCUT2D eigenvalue weighted by atomic mass is 10.2. The van der Waals surface area contributed by atoms with Gasteiger partial charge >= 0.3 is 5.97 Å². The Kier molecular flexibility index (Phi) is 5.62. The highest BCUT2D eigenvalue weighted by atomic mass is 16.6. The quantitative estimate of drug-likeness (QED) is 0.635. The van der Waals surface area contributed by atoms with Crippen molar-refractivity contribution >= 4 is 17.6 Å². The first-order chi connectivity index (χ1) is 14.9. The number of esters is 1. The summed E-state index contributed by atoms with van der Waals surface area (Å²) in [6.07, 6.45) is -1.00. The van der Waals surface area contributed by atoms with E-state index < -0.39 is 18.0 Å². The molecule has 8 heteroatoms. The number of aromatic nitrogens is 2. The first kappa shape index (κ1) is 20.5. The van der Waals surface area contributed by atoms with Crippen LogP contribution in [0.2, 0.25) is 0 Å². The number of nitrogens with one attached hydrogen (secondary N) is 1. The zero-order valence-electron chi connectivity index (χ0n) is 17.5. The molecule has 0 radical (unpaired) electrons. The largest absolute Gasteiger partial charge is 0.486 e. The van der Waals surface area contributed by atoms with Gasteiger partial charge in [0.1, 0.15) is 18.8 Å². The number of carbonyl (C=O) groups is 2.